The molecule has 0 spiro atoms. The number of halogens is 2. The summed E-state index contributed by atoms with van der Waals surface area (Å²) in [6.07, 6.45) is 0. The lowest BCUT2D eigenvalue weighted by Crippen LogP contribution is -2.23. The zero-order chi connectivity index (χ0) is 20.1. The summed E-state index contributed by atoms with van der Waals surface area (Å²) in [6, 6.07) is 11.6. The van der Waals surface area contributed by atoms with Gasteiger partial charge in [-0.3, -0.25) is 4.79 Å². The Hall–Kier alpha value is -2.65. The third kappa shape index (κ3) is 4.99. The van der Waals surface area contributed by atoms with Crippen molar-refractivity contribution in [3.8, 4) is 5.75 Å². The fraction of sp³-hybridized carbons (Fsp3) is 0.222. The van der Waals surface area contributed by atoms with E-state index < -0.39 is 11.1 Å². The molecule has 0 aliphatic carbocycles. The number of nitrogens with zero attached hydrogens (tertiary/aromatic N) is 4. The predicted molar refractivity (Wildman–Crippen MR) is 105 cm³/mol. The molecule has 7 nitrogen and oxygen atoms in total. The molecule has 1 amide bonds. The van der Waals surface area contributed by atoms with E-state index in [0.29, 0.717) is 11.7 Å². The molecule has 0 aliphatic heterocycles. The number of nitrogens with one attached hydrogen (secondary N) is 1. The highest BCUT2D eigenvalue weighted by molar-refractivity contribution is 8.00. The minimum Gasteiger partial charge on any atom is -0.497 e. The number of benzene rings is 2. The average Bonchev–Trinajstić information content (AvgIpc) is 3.11. The Balaban J connectivity index is 1.64. The summed E-state index contributed by atoms with van der Waals surface area (Å²) >= 11 is 6.90. The standard InChI is InChI=1S/C18H17ClFN5O2S/c1-11(17(26)21-16-8-5-13(19)9-15(16)20)28-18-22-23-24-25(18)10-12-3-6-14(27-2)7-4-12/h3-9,11H,10H2,1-2H3,(H,21,26). The number of aromatic nitrogens is 4. The number of methoxy groups -OCH3 is 1. The van der Waals surface area contributed by atoms with Crippen molar-refractivity contribution >= 4 is 35.0 Å². The fourth-order valence-corrected chi connectivity index (χ4v) is 3.27. The van der Waals surface area contributed by atoms with Gasteiger partial charge in [-0.05, 0) is 53.2 Å². The van der Waals surface area contributed by atoms with Crippen molar-refractivity contribution in [1.82, 2.24) is 20.2 Å². The second kappa shape index (κ2) is 9.03. The van der Waals surface area contributed by atoms with Crippen LogP contribution in [0.5, 0.6) is 5.75 Å². The summed E-state index contributed by atoms with van der Waals surface area (Å²) < 4.78 is 20.6. The maximum Gasteiger partial charge on any atom is 0.237 e. The van der Waals surface area contributed by atoms with Gasteiger partial charge in [-0.25, -0.2) is 9.07 Å². The monoisotopic (exact) mass is 421 g/mol. The molecular weight excluding hydrogens is 405 g/mol. The normalized spacial score (nSPS) is 11.9. The maximum atomic E-state index is 13.9. The highest BCUT2D eigenvalue weighted by atomic mass is 35.5. The van der Waals surface area contributed by atoms with E-state index in [1.807, 2.05) is 24.3 Å². The lowest BCUT2D eigenvalue weighted by Gasteiger charge is -2.12. The zero-order valence-corrected chi connectivity index (χ0v) is 16.7. The lowest BCUT2D eigenvalue weighted by atomic mass is 10.2. The van der Waals surface area contributed by atoms with Crippen LogP contribution >= 0.6 is 23.4 Å². The van der Waals surface area contributed by atoms with Gasteiger partial charge >= 0.3 is 0 Å². The van der Waals surface area contributed by atoms with Crippen molar-refractivity contribution in [2.75, 3.05) is 12.4 Å². The molecule has 1 aromatic heterocycles. The number of carbonyl (C=O) groups is 1. The highest BCUT2D eigenvalue weighted by Gasteiger charge is 2.20. The molecule has 0 bridgehead atoms. The molecule has 3 rings (SSSR count). The molecule has 146 valence electrons. The van der Waals surface area contributed by atoms with E-state index in [4.69, 9.17) is 16.3 Å². The average molecular weight is 422 g/mol. The quantitative estimate of drug-likeness (QED) is 0.586. The minimum atomic E-state index is -0.595. The van der Waals surface area contributed by atoms with E-state index in [1.165, 1.54) is 23.9 Å². The van der Waals surface area contributed by atoms with Crippen molar-refractivity contribution in [3.63, 3.8) is 0 Å². The van der Waals surface area contributed by atoms with Crippen molar-refractivity contribution in [2.45, 2.75) is 23.9 Å². The topological polar surface area (TPSA) is 81.9 Å². The second-order valence-corrected chi connectivity index (χ2v) is 7.59. The van der Waals surface area contributed by atoms with Gasteiger partial charge in [0.05, 0.1) is 24.6 Å². The van der Waals surface area contributed by atoms with Crippen molar-refractivity contribution in [3.05, 3.63) is 58.9 Å². The van der Waals surface area contributed by atoms with Crippen LogP contribution in [-0.2, 0) is 11.3 Å². The first-order chi connectivity index (χ1) is 13.5. The number of ether oxygens (including phenoxy) is 1. The Kier molecular flexibility index (Phi) is 6.48. The smallest absolute Gasteiger partial charge is 0.237 e. The van der Waals surface area contributed by atoms with Gasteiger partial charge in [0.25, 0.3) is 0 Å². The lowest BCUT2D eigenvalue weighted by molar-refractivity contribution is -0.115. The van der Waals surface area contributed by atoms with Crippen molar-refractivity contribution < 1.29 is 13.9 Å². The Morgan fingerprint density at radius 3 is 2.75 bits per heavy atom. The van der Waals surface area contributed by atoms with Crippen LogP contribution in [0.2, 0.25) is 5.02 Å². The predicted octanol–water partition coefficient (Wildman–Crippen LogP) is 3.64. The number of hydrogen-bond donors (Lipinski definition) is 1. The molecule has 0 saturated carbocycles. The Morgan fingerprint density at radius 1 is 1.32 bits per heavy atom. The first-order valence-corrected chi connectivity index (χ1v) is 9.53. The van der Waals surface area contributed by atoms with E-state index in [1.54, 1.807) is 18.7 Å². The van der Waals surface area contributed by atoms with Gasteiger partial charge in [0, 0.05) is 5.02 Å². The van der Waals surface area contributed by atoms with Gasteiger partial charge in [-0.1, -0.05) is 35.5 Å². The Morgan fingerprint density at radius 2 is 2.07 bits per heavy atom. The number of amides is 1. The molecular formula is C18H17ClFN5O2S. The van der Waals surface area contributed by atoms with Crippen LogP contribution in [0.3, 0.4) is 0 Å². The summed E-state index contributed by atoms with van der Waals surface area (Å²) in [5.74, 6) is -0.206. The van der Waals surface area contributed by atoms with Gasteiger partial charge in [-0.15, -0.1) is 5.10 Å². The molecule has 3 aromatic rings. The first-order valence-electron chi connectivity index (χ1n) is 8.28. The van der Waals surface area contributed by atoms with E-state index in [-0.39, 0.29) is 16.6 Å². The number of hydrogen-bond acceptors (Lipinski definition) is 6. The van der Waals surface area contributed by atoms with E-state index in [0.717, 1.165) is 17.4 Å². The van der Waals surface area contributed by atoms with Crippen molar-refractivity contribution in [1.29, 1.82) is 0 Å². The summed E-state index contributed by atoms with van der Waals surface area (Å²) in [6.45, 7) is 2.14. The van der Waals surface area contributed by atoms with Crippen LogP contribution in [0.25, 0.3) is 0 Å². The number of tetrazole rings is 1. The van der Waals surface area contributed by atoms with Crippen LogP contribution in [0.1, 0.15) is 12.5 Å². The molecule has 28 heavy (non-hydrogen) atoms. The molecule has 0 aliphatic rings. The fourth-order valence-electron chi connectivity index (χ4n) is 2.32. The second-order valence-electron chi connectivity index (χ2n) is 5.84. The molecule has 1 unspecified atom stereocenters. The SMILES string of the molecule is COc1ccc(Cn2nnnc2SC(C)C(=O)Nc2ccc(Cl)cc2F)cc1. The van der Waals surface area contributed by atoms with Gasteiger partial charge < -0.3 is 10.1 Å². The third-order valence-electron chi connectivity index (χ3n) is 3.83. The summed E-state index contributed by atoms with van der Waals surface area (Å²) in [7, 11) is 1.60. The van der Waals surface area contributed by atoms with E-state index in [9.17, 15) is 9.18 Å². The maximum absolute atomic E-state index is 13.9. The van der Waals surface area contributed by atoms with Crippen LogP contribution < -0.4 is 10.1 Å². The number of thioether (sulfide) groups is 1. The molecule has 1 N–H and O–H groups in total. The number of anilines is 1. The molecule has 0 saturated heterocycles. The van der Waals surface area contributed by atoms with Gasteiger partial charge in [0.2, 0.25) is 11.1 Å². The third-order valence-corrected chi connectivity index (χ3v) is 5.14. The van der Waals surface area contributed by atoms with Gasteiger partial charge in [-0.2, -0.15) is 0 Å². The van der Waals surface area contributed by atoms with E-state index >= 15 is 0 Å². The summed E-state index contributed by atoms with van der Waals surface area (Å²) in [5.41, 5.74) is 1.05. The largest absolute Gasteiger partial charge is 0.497 e. The Bertz CT molecular complexity index is 967. The Labute approximate surface area is 170 Å². The molecule has 0 radical (unpaired) electrons. The van der Waals surface area contributed by atoms with Crippen LogP contribution in [0, 0.1) is 5.82 Å². The first kappa shape index (κ1) is 20.1. The molecule has 10 heteroatoms. The van der Waals surface area contributed by atoms with Crippen LogP contribution in [0.15, 0.2) is 47.6 Å². The molecule has 1 heterocycles. The molecule has 2 aromatic carbocycles. The van der Waals surface area contributed by atoms with Crippen LogP contribution in [-0.4, -0.2) is 38.5 Å². The molecule has 0 fully saturated rings. The van der Waals surface area contributed by atoms with Crippen molar-refractivity contribution in [2.24, 2.45) is 0 Å². The summed E-state index contributed by atoms with van der Waals surface area (Å²) in [5, 5.41) is 14.4. The number of rotatable bonds is 7. The molecule has 1 atom stereocenters. The summed E-state index contributed by atoms with van der Waals surface area (Å²) in [4.78, 5) is 12.4. The zero-order valence-electron chi connectivity index (χ0n) is 15.1. The minimum absolute atomic E-state index is 0.0691. The van der Waals surface area contributed by atoms with E-state index in [2.05, 4.69) is 20.8 Å². The number of carbonyl (C=O) groups excluding carboxylic acids is 1. The van der Waals surface area contributed by atoms with Crippen LogP contribution in [0.4, 0.5) is 10.1 Å². The van der Waals surface area contributed by atoms with Gasteiger partial charge in [0.15, 0.2) is 0 Å². The highest BCUT2D eigenvalue weighted by Crippen LogP contribution is 2.24. The van der Waals surface area contributed by atoms with Gasteiger partial charge in [0.1, 0.15) is 11.6 Å².